The Kier molecular flexibility index (Phi) is 6.89. The van der Waals surface area contributed by atoms with E-state index in [1.54, 1.807) is 0 Å². The number of rotatable bonds is 5. The lowest BCUT2D eigenvalue weighted by Crippen LogP contribution is -2.10. The van der Waals surface area contributed by atoms with Crippen molar-refractivity contribution in [3.05, 3.63) is 194 Å². The number of furan rings is 2. The molecule has 0 N–H and O–H groups in total. The van der Waals surface area contributed by atoms with Gasteiger partial charge in [0.25, 0.3) is 0 Å². The molecule has 0 saturated carbocycles. The van der Waals surface area contributed by atoms with Crippen molar-refractivity contribution in [1.82, 2.24) is 4.98 Å². The third kappa shape index (κ3) is 5.12. The van der Waals surface area contributed by atoms with Crippen molar-refractivity contribution in [2.45, 2.75) is 0 Å². The summed E-state index contributed by atoms with van der Waals surface area (Å²) in [6.07, 6.45) is 0. The maximum absolute atomic E-state index is 6.42. The number of fused-ring (bicyclic) bond motifs is 11. The van der Waals surface area contributed by atoms with Crippen molar-refractivity contribution in [2.75, 3.05) is 4.90 Å². The van der Waals surface area contributed by atoms with Gasteiger partial charge in [0.05, 0.1) is 11.2 Å². The Labute approximate surface area is 327 Å². The molecule has 4 heteroatoms. The molecule has 0 aliphatic rings. The molecule has 0 spiro atoms. The fourth-order valence-corrected chi connectivity index (χ4v) is 8.59. The molecule has 0 unspecified atom stereocenters. The summed E-state index contributed by atoms with van der Waals surface area (Å²) in [4.78, 5) is 7.24. The molecule has 12 rings (SSSR count). The number of para-hydroxylation sites is 3. The number of anilines is 3. The van der Waals surface area contributed by atoms with Crippen molar-refractivity contribution < 1.29 is 8.83 Å². The van der Waals surface area contributed by atoms with Crippen LogP contribution < -0.4 is 4.90 Å². The minimum absolute atomic E-state index is 0.903. The zero-order valence-electron chi connectivity index (χ0n) is 30.7. The highest BCUT2D eigenvalue weighted by Crippen LogP contribution is 2.42. The van der Waals surface area contributed by atoms with Crippen LogP contribution in [0.2, 0.25) is 0 Å². The highest BCUT2D eigenvalue weighted by molar-refractivity contribution is 6.17. The smallest absolute Gasteiger partial charge is 0.143 e. The summed E-state index contributed by atoms with van der Waals surface area (Å²) in [5, 5.41) is 10.1. The van der Waals surface area contributed by atoms with Crippen molar-refractivity contribution in [3.63, 3.8) is 0 Å². The van der Waals surface area contributed by atoms with Crippen LogP contribution in [0, 0.1) is 0 Å². The molecule has 9 aromatic carbocycles. The predicted molar refractivity (Wildman–Crippen MR) is 237 cm³/mol. The number of pyridine rings is 1. The van der Waals surface area contributed by atoms with Gasteiger partial charge in [0.1, 0.15) is 22.3 Å². The third-order valence-electron chi connectivity index (χ3n) is 11.4. The van der Waals surface area contributed by atoms with Gasteiger partial charge < -0.3 is 13.7 Å². The first-order valence-electron chi connectivity index (χ1n) is 19.3. The molecular formula is C53H32N2O2. The lowest BCUT2D eigenvalue weighted by Gasteiger charge is -2.26. The Morgan fingerprint density at radius 1 is 0.333 bits per heavy atom. The van der Waals surface area contributed by atoms with E-state index >= 15 is 0 Å². The van der Waals surface area contributed by atoms with Crippen LogP contribution in [0.4, 0.5) is 17.1 Å². The largest absolute Gasteiger partial charge is 0.455 e. The number of nitrogens with zero attached hydrogens (tertiary/aromatic N) is 2. The van der Waals surface area contributed by atoms with Crippen LogP contribution >= 0.6 is 0 Å². The first kappa shape index (κ1) is 31.6. The Hall–Kier alpha value is -7.69. The van der Waals surface area contributed by atoms with E-state index in [-0.39, 0.29) is 0 Å². The number of hydrogen-bond acceptors (Lipinski definition) is 4. The highest BCUT2D eigenvalue weighted by Gasteiger charge is 2.18. The van der Waals surface area contributed by atoms with Gasteiger partial charge in [-0.3, -0.25) is 0 Å². The molecule has 0 amide bonds. The number of aromatic nitrogens is 1. The van der Waals surface area contributed by atoms with Gasteiger partial charge >= 0.3 is 0 Å². The summed E-state index contributed by atoms with van der Waals surface area (Å²) in [7, 11) is 0. The highest BCUT2D eigenvalue weighted by atomic mass is 16.3. The topological polar surface area (TPSA) is 42.4 Å². The van der Waals surface area contributed by atoms with Gasteiger partial charge in [0.15, 0.2) is 0 Å². The number of hydrogen-bond donors (Lipinski definition) is 0. The fraction of sp³-hybridized carbons (Fsp3) is 0. The molecule has 0 saturated heterocycles. The molecule has 3 aromatic heterocycles. The van der Waals surface area contributed by atoms with Crippen LogP contribution in [0.15, 0.2) is 203 Å². The van der Waals surface area contributed by atoms with E-state index in [1.807, 2.05) is 36.4 Å². The Bertz CT molecular complexity index is 3370. The second kappa shape index (κ2) is 12.4. The summed E-state index contributed by atoms with van der Waals surface area (Å²) in [6, 6.07) is 68.6. The van der Waals surface area contributed by atoms with E-state index in [4.69, 9.17) is 13.8 Å². The average molecular weight is 729 g/mol. The Balaban J connectivity index is 0.957. The van der Waals surface area contributed by atoms with Crippen LogP contribution in [-0.4, -0.2) is 4.98 Å². The summed E-state index contributed by atoms with van der Waals surface area (Å²) in [6.45, 7) is 0. The van der Waals surface area contributed by atoms with E-state index in [1.165, 1.54) is 0 Å². The maximum Gasteiger partial charge on any atom is 0.143 e. The van der Waals surface area contributed by atoms with Gasteiger partial charge in [-0.15, -0.1) is 0 Å². The average Bonchev–Trinajstić information content (AvgIpc) is 3.86. The minimum Gasteiger partial charge on any atom is -0.455 e. The molecule has 0 aliphatic carbocycles. The number of benzene rings is 9. The first-order valence-corrected chi connectivity index (χ1v) is 19.3. The quantitative estimate of drug-likeness (QED) is 0.177. The second-order valence-corrected chi connectivity index (χ2v) is 14.7. The van der Waals surface area contributed by atoms with Crippen LogP contribution in [0.1, 0.15) is 0 Å². The van der Waals surface area contributed by atoms with Gasteiger partial charge in [-0.1, -0.05) is 109 Å². The Morgan fingerprint density at radius 3 is 1.42 bits per heavy atom. The molecule has 266 valence electrons. The van der Waals surface area contributed by atoms with Crippen molar-refractivity contribution in [3.8, 4) is 22.4 Å². The van der Waals surface area contributed by atoms with E-state index in [0.717, 1.165) is 116 Å². The SMILES string of the molecule is c1ccc2nc(-c3ccc(-c4ccc(N(c5ccc6c(ccc7c8ccccc8oc67)c5)c5ccc6c(ccc7c8ccccc8oc67)c5)cc4)cc3)ccc2c1. The molecule has 0 aliphatic heterocycles. The van der Waals surface area contributed by atoms with Crippen LogP contribution in [0.5, 0.6) is 0 Å². The fourth-order valence-electron chi connectivity index (χ4n) is 8.59. The van der Waals surface area contributed by atoms with E-state index in [2.05, 4.69) is 163 Å². The van der Waals surface area contributed by atoms with Crippen LogP contribution in [0.3, 0.4) is 0 Å². The molecule has 3 heterocycles. The van der Waals surface area contributed by atoms with Crippen LogP contribution in [0.25, 0.3) is 98.7 Å². The summed E-state index contributed by atoms with van der Waals surface area (Å²) in [5.74, 6) is 0. The molecule has 4 nitrogen and oxygen atoms in total. The molecular weight excluding hydrogens is 697 g/mol. The van der Waals surface area contributed by atoms with Gasteiger partial charge in [-0.05, 0) is 107 Å². The van der Waals surface area contributed by atoms with Crippen LogP contribution in [-0.2, 0) is 0 Å². The van der Waals surface area contributed by atoms with Gasteiger partial charge in [-0.25, -0.2) is 4.98 Å². The van der Waals surface area contributed by atoms with E-state index in [0.29, 0.717) is 0 Å². The minimum atomic E-state index is 0.903. The maximum atomic E-state index is 6.42. The van der Waals surface area contributed by atoms with Gasteiger partial charge in [-0.2, -0.15) is 0 Å². The lowest BCUT2D eigenvalue weighted by molar-refractivity contribution is 0.672. The molecule has 0 bridgehead atoms. The van der Waals surface area contributed by atoms with Gasteiger partial charge in [0, 0.05) is 60.3 Å². The Morgan fingerprint density at radius 2 is 0.807 bits per heavy atom. The molecule has 0 radical (unpaired) electrons. The van der Waals surface area contributed by atoms with E-state index in [9.17, 15) is 0 Å². The summed E-state index contributed by atoms with van der Waals surface area (Å²) >= 11 is 0. The van der Waals surface area contributed by atoms with Crippen molar-refractivity contribution >= 4 is 93.4 Å². The second-order valence-electron chi connectivity index (χ2n) is 14.7. The molecule has 12 aromatic rings. The standard InChI is InChI=1S/C53H32N2O2/c1-4-10-48-35(7-1)21-30-49(54-48)36-15-13-33(14-16-36)34-17-22-39(23-18-34)55(40-24-28-42-37(31-40)19-26-46-44-8-2-5-11-50(44)56-52(42)46)41-25-29-43-38(32-41)20-27-47-45-9-3-6-12-51(45)57-53(43)47/h1-32H. The third-order valence-corrected chi connectivity index (χ3v) is 11.4. The van der Waals surface area contributed by atoms with Gasteiger partial charge in [0.2, 0.25) is 0 Å². The zero-order chi connectivity index (χ0) is 37.5. The predicted octanol–water partition coefficient (Wildman–Crippen LogP) is 15.1. The zero-order valence-corrected chi connectivity index (χ0v) is 30.7. The van der Waals surface area contributed by atoms with E-state index < -0.39 is 0 Å². The molecule has 57 heavy (non-hydrogen) atoms. The first-order chi connectivity index (χ1) is 28.2. The summed E-state index contributed by atoms with van der Waals surface area (Å²) < 4.78 is 12.8. The van der Waals surface area contributed by atoms with Crippen molar-refractivity contribution in [1.29, 1.82) is 0 Å². The summed E-state index contributed by atoms with van der Waals surface area (Å²) in [5.41, 5.74) is 12.2. The normalized spacial score (nSPS) is 11.9. The molecule has 0 atom stereocenters. The molecule has 0 fully saturated rings. The monoisotopic (exact) mass is 728 g/mol. The lowest BCUT2D eigenvalue weighted by atomic mass is 10.0. The van der Waals surface area contributed by atoms with Crippen molar-refractivity contribution in [2.24, 2.45) is 0 Å².